The highest BCUT2D eigenvalue weighted by molar-refractivity contribution is 5.29. The molecule has 1 aromatic carbocycles. The third-order valence-corrected chi connectivity index (χ3v) is 3.88. The van der Waals surface area contributed by atoms with Gasteiger partial charge in [-0.15, -0.1) is 0 Å². The minimum atomic E-state index is -4.15. The molecule has 0 amide bonds. The minimum absolute atomic E-state index is 0.0372. The van der Waals surface area contributed by atoms with E-state index < -0.39 is 18.2 Å². The summed E-state index contributed by atoms with van der Waals surface area (Å²) < 4.78 is 43.4. The number of ether oxygens (including phenoxy) is 1. The number of piperidine rings is 1. The highest BCUT2D eigenvalue weighted by Gasteiger charge is 2.41. The van der Waals surface area contributed by atoms with Crippen LogP contribution in [0.1, 0.15) is 24.5 Å². The third-order valence-electron chi connectivity index (χ3n) is 3.88. The fourth-order valence-corrected chi connectivity index (χ4v) is 2.69. The van der Waals surface area contributed by atoms with Crippen molar-refractivity contribution < 1.29 is 23.0 Å². The lowest BCUT2D eigenvalue weighted by molar-refractivity contribution is -0.187. The maximum absolute atomic E-state index is 12.8. The highest BCUT2D eigenvalue weighted by atomic mass is 19.4. The molecular formula is C15H20F3NO2. The third kappa shape index (κ3) is 4.35. The Morgan fingerprint density at radius 2 is 2.19 bits per heavy atom. The van der Waals surface area contributed by atoms with Gasteiger partial charge in [0, 0.05) is 13.1 Å². The molecule has 2 unspecified atom stereocenters. The normalized spacial score (nSPS) is 22.0. The Labute approximate surface area is 122 Å². The van der Waals surface area contributed by atoms with Crippen LogP contribution in [0.5, 0.6) is 5.75 Å². The summed E-state index contributed by atoms with van der Waals surface area (Å²) in [6.45, 7) is 0.762. The molecule has 0 aliphatic carbocycles. The molecule has 0 radical (unpaired) electrons. The second kappa shape index (κ2) is 6.66. The van der Waals surface area contributed by atoms with Crippen molar-refractivity contribution in [2.45, 2.75) is 25.1 Å². The summed E-state index contributed by atoms with van der Waals surface area (Å²) in [4.78, 5) is 1.69. The molecule has 21 heavy (non-hydrogen) atoms. The summed E-state index contributed by atoms with van der Waals surface area (Å²) in [6, 6.07) is 6.97. The maximum Gasteiger partial charge on any atom is 0.393 e. The van der Waals surface area contributed by atoms with Gasteiger partial charge in [0.15, 0.2) is 0 Å². The molecule has 0 spiro atoms. The van der Waals surface area contributed by atoms with E-state index in [0.717, 1.165) is 0 Å². The first-order valence-electron chi connectivity index (χ1n) is 7.01. The zero-order valence-corrected chi connectivity index (χ0v) is 11.9. The standard InChI is InChI=1S/C15H20F3NO2/c1-21-13-6-2-4-11(8-13)14(20)10-19-7-3-5-12(9-19)15(16,17)18/h2,4,6,8,12,14,20H,3,5,7,9-10H2,1H3. The van der Waals surface area contributed by atoms with Gasteiger partial charge in [0.05, 0.1) is 19.1 Å². The molecule has 6 heteroatoms. The first-order valence-corrected chi connectivity index (χ1v) is 7.01. The van der Waals surface area contributed by atoms with E-state index in [9.17, 15) is 18.3 Å². The second-order valence-corrected chi connectivity index (χ2v) is 5.43. The molecule has 118 valence electrons. The molecule has 2 rings (SSSR count). The SMILES string of the molecule is COc1cccc(C(O)CN2CCCC(C(F)(F)F)C2)c1. The zero-order valence-electron chi connectivity index (χ0n) is 11.9. The summed E-state index contributed by atoms with van der Waals surface area (Å²) in [5.41, 5.74) is 0.656. The first-order chi connectivity index (χ1) is 9.90. The van der Waals surface area contributed by atoms with E-state index in [1.807, 2.05) is 0 Å². The van der Waals surface area contributed by atoms with E-state index in [1.54, 1.807) is 29.2 Å². The number of hydrogen-bond donors (Lipinski definition) is 1. The van der Waals surface area contributed by atoms with Gasteiger partial charge in [0.2, 0.25) is 0 Å². The van der Waals surface area contributed by atoms with Crippen molar-refractivity contribution in [2.24, 2.45) is 5.92 Å². The Balaban J connectivity index is 1.97. The van der Waals surface area contributed by atoms with Crippen molar-refractivity contribution in [3.63, 3.8) is 0 Å². The monoisotopic (exact) mass is 303 g/mol. The van der Waals surface area contributed by atoms with Crippen LogP contribution >= 0.6 is 0 Å². The van der Waals surface area contributed by atoms with Crippen LogP contribution in [0, 0.1) is 5.92 Å². The fourth-order valence-electron chi connectivity index (χ4n) is 2.69. The van der Waals surface area contributed by atoms with E-state index in [0.29, 0.717) is 24.3 Å². The van der Waals surface area contributed by atoms with Gasteiger partial charge in [-0.1, -0.05) is 12.1 Å². The number of rotatable bonds is 4. The van der Waals surface area contributed by atoms with E-state index in [2.05, 4.69) is 0 Å². The number of benzene rings is 1. The molecule has 0 aromatic heterocycles. The van der Waals surface area contributed by atoms with Crippen molar-refractivity contribution in [2.75, 3.05) is 26.7 Å². The van der Waals surface area contributed by atoms with Gasteiger partial charge >= 0.3 is 6.18 Å². The summed E-state index contributed by atoms with van der Waals surface area (Å²) in [6.07, 6.45) is -4.28. The van der Waals surface area contributed by atoms with Gasteiger partial charge in [-0.2, -0.15) is 13.2 Å². The molecule has 3 nitrogen and oxygen atoms in total. The smallest absolute Gasteiger partial charge is 0.393 e. The molecule has 1 aromatic rings. The summed E-state index contributed by atoms with van der Waals surface area (Å²) >= 11 is 0. The molecule has 1 saturated heterocycles. The van der Waals surface area contributed by atoms with Crippen LogP contribution in [-0.4, -0.2) is 42.9 Å². The number of likely N-dealkylation sites (tertiary alicyclic amines) is 1. The van der Waals surface area contributed by atoms with Gasteiger partial charge in [-0.25, -0.2) is 0 Å². The fraction of sp³-hybridized carbons (Fsp3) is 0.600. The van der Waals surface area contributed by atoms with Crippen molar-refractivity contribution in [1.82, 2.24) is 4.90 Å². The van der Waals surface area contributed by atoms with E-state index in [1.165, 1.54) is 7.11 Å². The van der Waals surface area contributed by atoms with Gasteiger partial charge < -0.3 is 9.84 Å². The molecule has 0 bridgehead atoms. The van der Waals surface area contributed by atoms with Crippen LogP contribution in [0.2, 0.25) is 0 Å². The lowest BCUT2D eigenvalue weighted by Gasteiger charge is -2.34. The Hall–Kier alpha value is -1.27. The van der Waals surface area contributed by atoms with Crippen molar-refractivity contribution in [3.05, 3.63) is 29.8 Å². The van der Waals surface area contributed by atoms with E-state index in [4.69, 9.17) is 4.74 Å². The molecule has 0 saturated carbocycles. The van der Waals surface area contributed by atoms with Crippen molar-refractivity contribution in [3.8, 4) is 5.75 Å². The predicted octanol–water partition coefficient (Wildman–Crippen LogP) is 3.00. The van der Waals surface area contributed by atoms with E-state index in [-0.39, 0.29) is 19.5 Å². The van der Waals surface area contributed by atoms with Gasteiger partial charge in [0.1, 0.15) is 5.75 Å². The lowest BCUT2D eigenvalue weighted by Crippen LogP contribution is -2.43. The molecule has 1 aliphatic rings. The number of hydrogen-bond acceptors (Lipinski definition) is 3. The van der Waals surface area contributed by atoms with Crippen LogP contribution in [0.4, 0.5) is 13.2 Å². The quantitative estimate of drug-likeness (QED) is 0.928. The molecule has 2 atom stereocenters. The Morgan fingerprint density at radius 3 is 2.86 bits per heavy atom. The van der Waals surface area contributed by atoms with Crippen LogP contribution in [0.15, 0.2) is 24.3 Å². The van der Waals surface area contributed by atoms with Gasteiger partial charge in [-0.3, -0.25) is 4.90 Å². The molecular weight excluding hydrogens is 283 g/mol. The first kappa shape index (κ1) is 16.1. The molecule has 1 heterocycles. The van der Waals surface area contributed by atoms with Crippen molar-refractivity contribution >= 4 is 0 Å². The lowest BCUT2D eigenvalue weighted by atomic mass is 9.97. The zero-order chi connectivity index (χ0) is 15.5. The largest absolute Gasteiger partial charge is 0.497 e. The number of nitrogens with zero attached hydrogens (tertiary/aromatic N) is 1. The number of methoxy groups -OCH3 is 1. The van der Waals surface area contributed by atoms with Crippen LogP contribution in [0.25, 0.3) is 0 Å². The summed E-state index contributed by atoms with van der Waals surface area (Å²) in [7, 11) is 1.53. The number of aliphatic hydroxyl groups is 1. The summed E-state index contributed by atoms with van der Waals surface area (Å²) in [5.74, 6) is -0.665. The Bertz CT molecular complexity index is 464. The average molecular weight is 303 g/mol. The number of halogens is 3. The average Bonchev–Trinajstić information content (AvgIpc) is 2.46. The minimum Gasteiger partial charge on any atom is -0.497 e. The van der Waals surface area contributed by atoms with Crippen LogP contribution in [-0.2, 0) is 0 Å². The Kier molecular flexibility index (Phi) is 5.11. The topological polar surface area (TPSA) is 32.7 Å². The molecule has 1 N–H and O–H groups in total. The predicted molar refractivity (Wildman–Crippen MR) is 73.2 cm³/mol. The van der Waals surface area contributed by atoms with E-state index >= 15 is 0 Å². The number of β-amino-alcohol motifs (C(OH)–C–C–N with tert-alkyl or cyclic N) is 1. The van der Waals surface area contributed by atoms with Gasteiger partial charge in [-0.05, 0) is 37.1 Å². The number of aliphatic hydroxyl groups excluding tert-OH is 1. The van der Waals surface area contributed by atoms with Crippen LogP contribution in [0.3, 0.4) is 0 Å². The maximum atomic E-state index is 12.8. The van der Waals surface area contributed by atoms with Gasteiger partial charge in [0.25, 0.3) is 0 Å². The molecule has 1 fully saturated rings. The van der Waals surface area contributed by atoms with Crippen LogP contribution < -0.4 is 4.74 Å². The highest BCUT2D eigenvalue weighted by Crippen LogP contribution is 2.33. The van der Waals surface area contributed by atoms with Crippen molar-refractivity contribution in [1.29, 1.82) is 0 Å². The number of alkyl halides is 3. The second-order valence-electron chi connectivity index (χ2n) is 5.43. The molecule has 1 aliphatic heterocycles. The Morgan fingerprint density at radius 1 is 1.43 bits per heavy atom. The summed E-state index contributed by atoms with van der Waals surface area (Å²) in [5, 5.41) is 10.2.